The minimum absolute atomic E-state index is 0.366. The Bertz CT molecular complexity index is 298. The van der Waals surface area contributed by atoms with Crippen LogP contribution in [0.3, 0.4) is 0 Å². The number of likely N-dealkylation sites (tertiary alicyclic amines) is 1. The molecule has 0 aromatic heterocycles. The van der Waals surface area contributed by atoms with Crippen molar-refractivity contribution in [2.45, 2.75) is 65.3 Å². The Labute approximate surface area is 131 Å². The quantitative estimate of drug-likeness (QED) is 0.791. The van der Waals surface area contributed by atoms with Gasteiger partial charge in [0, 0.05) is 32.3 Å². The van der Waals surface area contributed by atoms with Crippen molar-refractivity contribution >= 4 is 0 Å². The maximum Gasteiger partial charge on any atom is 0.0471 e. The molecule has 1 saturated carbocycles. The highest BCUT2D eigenvalue weighted by Crippen LogP contribution is 2.39. The molecule has 0 spiro atoms. The first-order chi connectivity index (χ1) is 10.0. The first kappa shape index (κ1) is 17.2. The maximum absolute atomic E-state index is 9.45. The molecule has 3 heteroatoms. The standard InChI is InChI=1S/C18H36N2O/c1-15(2)19-13-18(8-6-16(3)7-9-18)14-20-10-4-5-17(11-20)12-21/h15-17,19,21H,4-14H2,1-3H3. The van der Waals surface area contributed by atoms with Crippen molar-refractivity contribution in [2.75, 3.05) is 32.8 Å². The van der Waals surface area contributed by atoms with Crippen LogP contribution in [0.2, 0.25) is 0 Å². The summed E-state index contributed by atoms with van der Waals surface area (Å²) in [5.74, 6) is 1.42. The van der Waals surface area contributed by atoms with Crippen LogP contribution in [0, 0.1) is 17.3 Å². The van der Waals surface area contributed by atoms with Crippen LogP contribution >= 0.6 is 0 Å². The molecule has 1 unspecified atom stereocenters. The van der Waals surface area contributed by atoms with Gasteiger partial charge in [0.05, 0.1) is 0 Å². The Morgan fingerprint density at radius 2 is 1.95 bits per heavy atom. The van der Waals surface area contributed by atoms with E-state index in [1.54, 1.807) is 0 Å². The minimum atomic E-state index is 0.366. The molecule has 1 aliphatic carbocycles. The number of hydrogen-bond acceptors (Lipinski definition) is 3. The summed E-state index contributed by atoms with van der Waals surface area (Å²) in [4.78, 5) is 2.64. The Hall–Kier alpha value is -0.120. The van der Waals surface area contributed by atoms with E-state index >= 15 is 0 Å². The lowest BCUT2D eigenvalue weighted by atomic mass is 9.70. The lowest BCUT2D eigenvalue weighted by Crippen LogP contribution is -2.50. The number of rotatable bonds is 6. The van der Waals surface area contributed by atoms with E-state index < -0.39 is 0 Å². The highest BCUT2D eigenvalue weighted by Gasteiger charge is 2.36. The molecule has 1 aliphatic heterocycles. The second-order valence-corrected chi connectivity index (χ2v) is 8.14. The molecule has 124 valence electrons. The average Bonchev–Trinajstić information content (AvgIpc) is 2.48. The van der Waals surface area contributed by atoms with Crippen molar-refractivity contribution < 1.29 is 5.11 Å². The third kappa shape index (κ3) is 5.22. The van der Waals surface area contributed by atoms with Gasteiger partial charge in [-0.2, -0.15) is 0 Å². The van der Waals surface area contributed by atoms with Crippen LogP contribution in [0.1, 0.15) is 59.3 Å². The lowest BCUT2D eigenvalue weighted by Gasteiger charge is -2.45. The van der Waals surface area contributed by atoms with Crippen LogP contribution in [0.5, 0.6) is 0 Å². The molecule has 21 heavy (non-hydrogen) atoms. The highest BCUT2D eigenvalue weighted by molar-refractivity contribution is 4.91. The van der Waals surface area contributed by atoms with Gasteiger partial charge in [0.1, 0.15) is 0 Å². The number of nitrogens with one attached hydrogen (secondary N) is 1. The van der Waals surface area contributed by atoms with Crippen LogP contribution in [-0.2, 0) is 0 Å². The first-order valence-corrected chi connectivity index (χ1v) is 9.09. The summed E-state index contributed by atoms with van der Waals surface area (Å²) in [6.45, 7) is 12.0. The maximum atomic E-state index is 9.45. The van der Waals surface area contributed by atoms with Crippen molar-refractivity contribution in [3.63, 3.8) is 0 Å². The van der Waals surface area contributed by atoms with Crippen molar-refractivity contribution in [2.24, 2.45) is 17.3 Å². The summed E-state index contributed by atoms with van der Waals surface area (Å²) in [5.41, 5.74) is 0.466. The molecule has 0 bridgehead atoms. The van der Waals surface area contributed by atoms with Gasteiger partial charge >= 0.3 is 0 Å². The Kier molecular flexibility index (Phi) is 6.51. The van der Waals surface area contributed by atoms with Gasteiger partial charge in [0.15, 0.2) is 0 Å². The molecule has 1 heterocycles. The lowest BCUT2D eigenvalue weighted by molar-refractivity contribution is 0.0483. The molecular weight excluding hydrogens is 260 g/mol. The van der Waals surface area contributed by atoms with Crippen molar-refractivity contribution in [3.05, 3.63) is 0 Å². The molecule has 2 rings (SSSR count). The fourth-order valence-corrected chi connectivity index (χ4v) is 4.10. The summed E-state index contributed by atoms with van der Waals surface area (Å²) in [6, 6.07) is 0.577. The van der Waals surface area contributed by atoms with E-state index in [1.165, 1.54) is 51.6 Å². The van der Waals surface area contributed by atoms with Crippen LogP contribution in [0.4, 0.5) is 0 Å². The number of nitrogens with zero attached hydrogens (tertiary/aromatic N) is 1. The summed E-state index contributed by atoms with van der Waals surface area (Å²) in [6.07, 6.45) is 7.98. The van der Waals surface area contributed by atoms with E-state index in [-0.39, 0.29) is 0 Å². The molecule has 0 radical (unpaired) electrons. The van der Waals surface area contributed by atoms with E-state index in [0.29, 0.717) is 24.0 Å². The number of aliphatic hydroxyl groups excluding tert-OH is 1. The zero-order chi connectivity index (χ0) is 15.3. The van der Waals surface area contributed by atoms with Crippen LogP contribution in [-0.4, -0.2) is 48.8 Å². The van der Waals surface area contributed by atoms with E-state index in [2.05, 4.69) is 31.0 Å². The van der Waals surface area contributed by atoms with Gasteiger partial charge in [-0.05, 0) is 49.5 Å². The zero-order valence-corrected chi connectivity index (χ0v) is 14.4. The molecular formula is C18H36N2O. The van der Waals surface area contributed by atoms with Crippen molar-refractivity contribution in [1.82, 2.24) is 10.2 Å². The van der Waals surface area contributed by atoms with Gasteiger partial charge in [0.2, 0.25) is 0 Å². The molecule has 1 atom stereocenters. The average molecular weight is 296 g/mol. The van der Waals surface area contributed by atoms with Gasteiger partial charge in [-0.1, -0.05) is 33.6 Å². The van der Waals surface area contributed by atoms with Gasteiger partial charge in [0.25, 0.3) is 0 Å². The fourth-order valence-electron chi connectivity index (χ4n) is 4.10. The van der Waals surface area contributed by atoms with Gasteiger partial charge in [-0.15, -0.1) is 0 Å². The number of piperidine rings is 1. The number of hydrogen-bond donors (Lipinski definition) is 2. The van der Waals surface area contributed by atoms with Crippen molar-refractivity contribution in [1.29, 1.82) is 0 Å². The zero-order valence-electron chi connectivity index (χ0n) is 14.4. The molecule has 0 aromatic rings. The predicted octanol–water partition coefficient (Wildman–Crippen LogP) is 2.89. The minimum Gasteiger partial charge on any atom is -0.396 e. The second kappa shape index (κ2) is 7.94. The van der Waals surface area contributed by atoms with E-state index in [9.17, 15) is 5.11 Å². The molecule has 0 aromatic carbocycles. The van der Waals surface area contributed by atoms with E-state index in [4.69, 9.17) is 0 Å². The Morgan fingerprint density at radius 1 is 1.24 bits per heavy atom. The molecule has 1 saturated heterocycles. The third-order valence-electron chi connectivity index (χ3n) is 5.64. The van der Waals surface area contributed by atoms with Crippen molar-refractivity contribution in [3.8, 4) is 0 Å². The summed E-state index contributed by atoms with van der Waals surface area (Å²) in [7, 11) is 0. The number of aliphatic hydroxyl groups is 1. The third-order valence-corrected chi connectivity index (χ3v) is 5.64. The summed E-state index contributed by atoms with van der Waals surface area (Å²) in [5, 5.41) is 13.2. The molecule has 0 amide bonds. The normalized spacial score (nSPS) is 35.3. The largest absolute Gasteiger partial charge is 0.396 e. The first-order valence-electron chi connectivity index (χ1n) is 9.09. The van der Waals surface area contributed by atoms with E-state index in [1.807, 2.05) is 0 Å². The SMILES string of the molecule is CC1CCC(CNC(C)C)(CN2CCCC(CO)C2)CC1. The molecule has 2 fully saturated rings. The van der Waals surface area contributed by atoms with Crippen LogP contribution in [0.25, 0.3) is 0 Å². The molecule has 3 nitrogen and oxygen atoms in total. The Morgan fingerprint density at radius 3 is 2.57 bits per heavy atom. The van der Waals surface area contributed by atoms with Gasteiger partial charge in [-0.3, -0.25) is 0 Å². The van der Waals surface area contributed by atoms with Crippen LogP contribution < -0.4 is 5.32 Å². The fraction of sp³-hybridized carbons (Fsp3) is 1.00. The molecule has 2 aliphatic rings. The summed E-state index contributed by atoms with van der Waals surface area (Å²) >= 11 is 0. The summed E-state index contributed by atoms with van der Waals surface area (Å²) < 4.78 is 0. The Balaban J connectivity index is 1.94. The van der Waals surface area contributed by atoms with Gasteiger partial charge < -0.3 is 15.3 Å². The van der Waals surface area contributed by atoms with Gasteiger partial charge in [-0.25, -0.2) is 0 Å². The topological polar surface area (TPSA) is 35.5 Å². The monoisotopic (exact) mass is 296 g/mol. The second-order valence-electron chi connectivity index (χ2n) is 8.14. The smallest absolute Gasteiger partial charge is 0.0471 e. The van der Waals surface area contributed by atoms with Crippen LogP contribution in [0.15, 0.2) is 0 Å². The molecule has 2 N–H and O–H groups in total. The highest BCUT2D eigenvalue weighted by atomic mass is 16.3. The van der Waals surface area contributed by atoms with E-state index in [0.717, 1.165) is 19.0 Å². The predicted molar refractivity (Wildman–Crippen MR) is 89.5 cm³/mol.